The number of rotatable bonds is 4. The first-order valence-electron chi connectivity index (χ1n) is 4.15. The average Bonchev–Trinajstić information content (AvgIpc) is 2.15. The van der Waals surface area contributed by atoms with Crippen molar-refractivity contribution in [1.29, 1.82) is 5.26 Å². The van der Waals surface area contributed by atoms with Crippen LogP contribution in [0.15, 0.2) is 24.3 Å². The van der Waals surface area contributed by atoms with E-state index >= 15 is 0 Å². The second-order valence-electron chi connectivity index (χ2n) is 2.68. The maximum absolute atomic E-state index is 13.0. The highest BCUT2D eigenvalue weighted by Gasteiger charge is 1.98. The summed E-state index contributed by atoms with van der Waals surface area (Å²) in [5.74, 6) is -0.202. The van der Waals surface area contributed by atoms with Crippen molar-refractivity contribution in [3.63, 3.8) is 0 Å². The standard InChI is InChI=1S/C10H11FN2/c11-10-5-2-1-4-9(10)8-13-7-3-6-12/h1-2,4-5,13H,3,7-8H2. The number of hydrogen-bond acceptors (Lipinski definition) is 2. The predicted molar refractivity (Wildman–Crippen MR) is 48.3 cm³/mol. The predicted octanol–water partition coefficient (Wildman–Crippen LogP) is 1.83. The van der Waals surface area contributed by atoms with Crippen LogP contribution in [0.1, 0.15) is 12.0 Å². The van der Waals surface area contributed by atoms with Crippen LogP contribution in [0.3, 0.4) is 0 Å². The maximum Gasteiger partial charge on any atom is 0.127 e. The van der Waals surface area contributed by atoms with E-state index in [9.17, 15) is 4.39 Å². The maximum atomic E-state index is 13.0. The molecule has 3 heteroatoms. The Kier molecular flexibility index (Phi) is 3.94. The highest BCUT2D eigenvalue weighted by atomic mass is 19.1. The highest BCUT2D eigenvalue weighted by Crippen LogP contribution is 2.04. The van der Waals surface area contributed by atoms with Crippen LogP contribution in [0, 0.1) is 17.1 Å². The van der Waals surface area contributed by atoms with E-state index in [1.807, 2.05) is 6.07 Å². The zero-order chi connectivity index (χ0) is 9.52. The summed E-state index contributed by atoms with van der Waals surface area (Å²) >= 11 is 0. The van der Waals surface area contributed by atoms with Crippen LogP contribution in [0.25, 0.3) is 0 Å². The SMILES string of the molecule is N#CCCNCc1ccccc1F. The first-order valence-corrected chi connectivity index (χ1v) is 4.15. The molecule has 1 rings (SSSR count). The van der Waals surface area contributed by atoms with E-state index in [1.54, 1.807) is 18.2 Å². The minimum atomic E-state index is -0.202. The smallest absolute Gasteiger partial charge is 0.127 e. The van der Waals surface area contributed by atoms with Crippen LogP contribution in [0.5, 0.6) is 0 Å². The number of halogens is 1. The molecule has 13 heavy (non-hydrogen) atoms. The Hall–Kier alpha value is -1.40. The van der Waals surface area contributed by atoms with Gasteiger partial charge in [0, 0.05) is 25.1 Å². The van der Waals surface area contributed by atoms with Crippen molar-refractivity contribution in [3.05, 3.63) is 35.6 Å². The lowest BCUT2D eigenvalue weighted by Gasteiger charge is -2.02. The molecule has 0 amide bonds. The molecule has 1 aromatic carbocycles. The molecule has 0 fully saturated rings. The molecule has 0 saturated carbocycles. The molecule has 0 radical (unpaired) electrons. The van der Waals surface area contributed by atoms with Gasteiger partial charge in [0.1, 0.15) is 5.82 Å². The third kappa shape index (κ3) is 3.22. The minimum Gasteiger partial charge on any atom is -0.312 e. The fourth-order valence-electron chi connectivity index (χ4n) is 1.01. The summed E-state index contributed by atoms with van der Waals surface area (Å²) in [7, 11) is 0. The number of hydrogen-bond donors (Lipinski definition) is 1. The van der Waals surface area contributed by atoms with Crippen LogP contribution < -0.4 is 5.32 Å². The van der Waals surface area contributed by atoms with Gasteiger partial charge >= 0.3 is 0 Å². The molecular formula is C10H11FN2. The number of nitrogens with one attached hydrogen (secondary N) is 1. The lowest BCUT2D eigenvalue weighted by atomic mass is 10.2. The van der Waals surface area contributed by atoms with Crippen molar-refractivity contribution >= 4 is 0 Å². The van der Waals surface area contributed by atoms with E-state index in [2.05, 4.69) is 5.32 Å². The summed E-state index contributed by atoms with van der Waals surface area (Å²) < 4.78 is 13.0. The number of nitrogens with zero attached hydrogens (tertiary/aromatic N) is 1. The van der Waals surface area contributed by atoms with Crippen molar-refractivity contribution in [3.8, 4) is 6.07 Å². The molecule has 0 atom stereocenters. The van der Waals surface area contributed by atoms with Crippen LogP contribution in [-0.4, -0.2) is 6.54 Å². The first kappa shape index (κ1) is 9.69. The van der Waals surface area contributed by atoms with Gasteiger partial charge in [-0.15, -0.1) is 0 Å². The van der Waals surface area contributed by atoms with Crippen molar-refractivity contribution < 1.29 is 4.39 Å². The third-order valence-electron chi connectivity index (χ3n) is 1.69. The topological polar surface area (TPSA) is 35.8 Å². The summed E-state index contributed by atoms with van der Waals surface area (Å²) in [5, 5.41) is 11.2. The van der Waals surface area contributed by atoms with E-state index < -0.39 is 0 Å². The van der Waals surface area contributed by atoms with Crippen LogP contribution in [0.4, 0.5) is 4.39 Å². The molecule has 68 valence electrons. The van der Waals surface area contributed by atoms with Gasteiger partial charge in [0.05, 0.1) is 6.07 Å². The Bertz CT molecular complexity index is 304. The van der Waals surface area contributed by atoms with Gasteiger partial charge in [0.2, 0.25) is 0 Å². The lowest BCUT2D eigenvalue weighted by molar-refractivity contribution is 0.590. The Balaban J connectivity index is 2.37. The fraction of sp³-hybridized carbons (Fsp3) is 0.300. The Morgan fingerprint density at radius 1 is 1.38 bits per heavy atom. The molecule has 0 saturated heterocycles. The van der Waals surface area contributed by atoms with Gasteiger partial charge in [-0.2, -0.15) is 5.26 Å². The van der Waals surface area contributed by atoms with E-state index in [-0.39, 0.29) is 5.82 Å². The van der Waals surface area contributed by atoms with E-state index in [0.29, 0.717) is 25.1 Å². The van der Waals surface area contributed by atoms with Gasteiger partial charge in [-0.1, -0.05) is 18.2 Å². The van der Waals surface area contributed by atoms with Gasteiger partial charge in [-0.05, 0) is 6.07 Å². The van der Waals surface area contributed by atoms with E-state index in [4.69, 9.17) is 5.26 Å². The largest absolute Gasteiger partial charge is 0.312 e. The molecule has 0 unspecified atom stereocenters. The summed E-state index contributed by atoms with van der Waals surface area (Å²) in [6, 6.07) is 8.63. The Morgan fingerprint density at radius 2 is 2.15 bits per heavy atom. The highest BCUT2D eigenvalue weighted by molar-refractivity contribution is 5.16. The quantitative estimate of drug-likeness (QED) is 0.714. The lowest BCUT2D eigenvalue weighted by Crippen LogP contribution is -2.14. The van der Waals surface area contributed by atoms with Gasteiger partial charge in [0.25, 0.3) is 0 Å². The molecule has 0 aliphatic carbocycles. The van der Waals surface area contributed by atoms with Crippen LogP contribution >= 0.6 is 0 Å². The van der Waals surface area contributed by atoms with Crippen molar-refractivity contribution in [1.82, 2.24) is 5.32 Å². The Morgan fingerprint density at radius 3 is 2.85 bits per heavy atom. The van der Waals surface area contributed by atoms with Gasteiger partial charge in [-0.3, -0.25) is 0 Å². The summed E-state index contributed by atoms with van der Waals surface area (Å²) in [6.45, 7) is 1.08. The molecule has 0 spiro atoms. The summed E-state index contributed by atoms with van der Waals surface area (Å²) in [6.07, 6.45) is 0.453. The average molecular weight is 178 g/mol. The molecule has 1 N–H and O–H groups in total. The summed E-state index contributed by atoms with van der Waals surface area (Å²) in [5.41, 5.74) is 0.639. The van der Waals surface area contributed by atoms with Gasteiger partial charge < -0.3 is 5.32 Å². The number of benzene rings is 1. The fourth-order valence-corrected chi connectivity index (χ4v) is 1.01. The molecule has 0 heterocycles. The van der Waals surface area contributed by atoms with Crippen molar-refractivity contribution in [2.75, 3.05) is 6.54 Å². The minimum absolute atomic E-state index is 0.202. The van der Waals surface area contributed by atoms with Crippen LogP contribution in [-0.2, 0) is 6.54 Å². The second kappa shape index (κ2) is 5.28. The summed E-state index contributed by atoms with van der Waals surface area (Å²) in [4.78, 5) is 0. The monoisotopic (exact) mass is 178 g/mol. The van der Waals surface area contributed by atoms with E-state index in [1.165, 1.54) is 6.07 Å². The molecular weight excluding hydrogens is 167 g/mol. The normalized spacial score (nSPS) is 9.54. The Labute approximate surface area is 77.0 Å². The zero-order valence-electron chi connectivity index (χ0n) is 7.26. The number of nitriles is 1. The van der Waals surface area contributed by atoms with Gasteiger partial charge in [0.15, 0.2) is 0 Å². The molecule has 0 aliphatic heterocycles. The molecule has 0 bridgehead atoms. The van der Waals surface area contributed by atoms with Crippen LogP contribution in [0.2, 0.25) is 0 Å². The van der Waals surface area contributed by atoms with Crippen molar-refractivity contribution in [2.45, 2.75) is 13.0 Å². The van der Waals surface area contributed by atoms with Crippen molar-refractivity contribution in [2.24, 2.45) is 0 Å². The molecule has 0 aromatic heterocycles. The van der Waals surface area contributed by atoms with E-state index in [0.717, 1.165) is 0 Å². The first-order chi connectivity index (χ1) is 6.34. The molecule has 0 aliphatic rings. The molecule has 2 nitrogen and oxygen atoms in total. The second-order valence-corrected chi connectivity index (χ2v) is 2.68. The van der Waals surface area contributed by atoms with Gasteiger partial charge in [-0.25, -0.2) is 4.39 Å². The molecule has 1 aromatic rings. The zero-order valence-corrected chi connectivity index (χ0v) is 7.26. The third-order valence-corrected chi connectivity index (χ3v) is 1.69.